The van der Waals surface area contributed by atoms with Crippen molar-refractivity contribution in [3.8, 4) is 5.88 Å². The lowest BCUT2D eigenvalue weighted by Crippen LogP contribution is -2.06. The fourth-order valence-corrected chi connectivity index (χ4v) is 2.19. The molecule has 92 valence electrons. The Kier molecular flexibility index (Phi) is 5.19. The number of nitrogens with zero attached hydrogens (tertiary/aromatic N) is 2. The molecule has 0 aromatic carbocycles. The van der Waals surface area contributed by atoms with Gasteiger partial charge < -0.3 is 5.11 Å². The summed E-state index contributed by atoms with van der Waals surface area (Å²) in [6.45, 7) is 9.42. The Morgan fingerprint density at radius 1 is 1.44 bits per heavy atom. The van der Waals surface area contributed by atoms with Gasteiger partial charge in [0.1, 0.15) is 0 Å². The van der Waals surface area contributed by atoms with Crippen LogP contribution in [-0.2, 0) is 12.3 Å². The molecule has 0 radical (unpaired) electrons. The zero-order chi connectivity index (χ0) is 12.1. The maximum atomic E-state index is 9.69. The summed E-state index contributed by atoms with van der Waals surface area (Å²) in [6.07, 6.45) is 1.17. The molecule has 1 heterocycles. The van der Waals surface area contributed by atoms with E-state index in [4.69, 9.17) is 0 Å². The average molecular weight is 242 g/mol. The second kappa shape index (κ2) is 6.18. The van der Waals surface area contributed by atoms with Crippen LogP contribution < -0.4 is 0 Å². The van der Waals surface area contributed by atoms with E-state index in [1.54, 1.807) is 10.7 Å². The van der Waals surface area contributed by atoms with Gasteiger partial charge in [-0.15, -0.1) is 0 Å². The molecule has 0 saturated heterocycles. The number of thioether (sulfide) groups is 1. The van der Waals surface area contributed by atoms with Crippen LogP contribution in [0.4, 0.5) is 0 Å². The molecule has 0 spiro atoms. The minimum absolute atomic E-state index is 0.286. The van der Waals surface area contributed by atoms with Crippen LogP contribution in [0.1, 0.15) is 39.8 Å². The number of hydrogen-bond donors (Lipinski definition) is 1. The van der Waals surface area contributed by atoms with Crippen molar-refractivity contribution in [2.75, 3.05) is 0 Å². The first-order valence-corrected chi connectivity index (χ1v) is 6.95. The second-order valence-electron chi connectivity index (χ2n) is 4.60. The number of aromatic hydroxyl groups is 1. The predicted octanol–water partition coefficient (Wildman–Crippen LogP) is 3.28. The quantitative estimate of drug-likeness (QED) is 0.832. The summed E-state index contributed by atoms with van der Waals surface area (Å²) in [5.74, 6) is 1.67. The van der Waals surface area contributed by atoms with Gasteiger partial charge in [0, 0.05) is 23.6 Å². The highest BCUT2D eigenvalue weighted by Crippen LogP contribution is 2.22. The molecule has 1 aromatic rings. The first kappa shape index (κ1) is 13.4. The molecule has 1 atom stereocenters. The van der Waals surface area contributed by atoms with E-state index >= 15 is 0 Å². The summed E-state index contributed by atoms with van der Waals surface area (Å²) in [5, 5.41) is 14.7. The highest BCUT2D eigenvalue weighted by atomic mass is 32.2. The van der Waals surface area contributed by atoms with Crippen molar-refractivity contribution >= 4 is 11.8 Å². The molecule has 1 unspecified atom stereocenters. The number of aromatic nitrogens is 2. The van der Waals surface area contributed by atoms with Crippen molar-refractivity contribution in [2.45, 2.75) is 51.7 Å². The highest BCUT2D eigenvalue weighted by Gasteiger charge is 2.09. The van der Waals surface area contributed by atoms with Crippen molar-refractivity contribution < 1.29 is 5.11 Å². The number of hydrogen-bond acceptors (Lipinski definition) is 3. The zero-order valence-electron chi connectivity index (χ0n) is 10.6. The van der Waals surface area contributed by atoms with Gasteiger partial charge in [-0.25, -0.2) is 4.68 Å². The van der Waals surface area contributed by atoms with Gasteiger partial charge in [-0.1, -0.05) is 27.7 Å². The Morgan fingerprint density at radius 2 is 2.12 bits per heavy atom. The van der Waals surface area contributed by atoms with Crippen LogP contribution in [0.25, 0.3) is 0 Å². The van der Waals surface area contributed by atoms with Crippen LogP contribution in [0.15, 0.2) is 6.07 Å². The van der Waals surface area contributed by atoms with Crippen LogP contribution >= 0.6 is 11.8 Å². The molecule has 0 bridgehead atoms. The summed E-state index contributed by atoms with van der Waals surface area (Å²) in [6, 6.07) is 1.78. The van der Waals surface area contributed by atoms with Gasteiger partial charge in [-0.2, -0.15) is 16.9 Å². The molecule has 1 rings (SSSR count). The lowest BCUT2D eigenvalue weighted by molar-refractivity contribution is 0.371. The lowest BCUT2D eigenvalue weighted by atomic mass is 10.2. The van der Waals surface area contributed by atoms with E-state index < -0.39 is 0 Å². The molecular weight excluding hydrogens is 220 g/mol. The molecule has 0 amide bonds. The van der Waals surface area contributed by atoms with E-state index in [0.29, 0.717) is 11.2 Å². The fraction of sp³-hybridized carbons (Fsp3) is 0.750. The Bertz CT molecular complexity index is 323. The monoisotopic (exact) mass is 242 g/mol. The third-order valence-corrected chi connectivity index (χ3v) is 3.80. The molecule has 4 heteroatoms. The Labute approximate surface area is 102 Å². The first-order valence-electron chi connectivity index (χ1n) is 5.90. The molecule has 1 aromatic heterocycles. The molecule has 16 heavy (non-hydrogen) atoms. The van der Waals surface area contributed by atoms with Gasteiger partial charge in [0.05, 0.1) is 5.69 Å². The normalized spacial score (nSPS) is 13.3. The van der Waals surface area contributed by atoms with E-state index in [2.05, 4.69) is 32.8 Å². The minimum Gasteiger partial charge on any atom is -0.493 e. The lowest BCUT2D eigenvalue weighted by Gasteiger charge is -2.06. The van der Waals surface area contributed by atoms with E-state index in [1.165, 1.54) is 6.42 Å². The van der Waals surface area contributed by atoms with Crippen molar-refractivity contribution in [2.24, 2.45) is 5.92 Å². The Balaban J connectivity index is 2.55. The largest absolute Gasteiger partial charge is 0.493 e. The molecule has 0 aliphatic carbocycles. The van der Waals surface area contributed by atoms with Crippen molar-refractivity contribution in [1.82, 2.24) is 9.78 Å². The molecule has 0 aliphatic heterocycles. The maximum Gasteiger partial charge on any atom is 0.209 e. The average Bonchev–Trinajstić information content (AvgIpc) is 2.55. The first-order chi connectivity index (χ1) is 7.52. The summed E-state index contributed by atoms with van der Waals surface area (Å²) in [5.41, 5.74) is 0.975. The zero-order valence-corrected chi connectivity index (χ0v) is 11.4. The van der Waals surface area contributed by atoms with Crippen LogP contribution in [0.2, 0.25) is 0 Å². The summed E-state index contributed by atoms with van der Waals surface area (Å²) in [4.78, 5) is 0. The Hall–Kier alpha value is -0.640. The fourth-order valence-electron chi connectivity index (χ4n) is 1.35. The third kappa shape index (κ3) is 4.08. The van der Waals surface area contributed by atoms with Crippen LogP contribution in [-0.4, -0.2) is 20.1 Å². The molecule has 0 saturated carbocycles. The molecule has 1 N–H and O–H groups in total. The van der Waals surface area contributed by atoms with E-state index in [9.17, 15) is 5.11 Å². The van der Waals surface area contributed by atoms with Gasteiger partial charge in [0.25, 0.3) is 0 Å². The van der Waals surface area contributed by atoms with Crippen molar-refractivity contribution in [1.29, 1.82) is 0 Å². The summed E-state index contributed by atoms with van der Waals surface area (Å²) < 4.78 is 1.69. The molecule has 3 nitrogen and oxygen atoms in total. The standard InChI is InChI=1S/C12H22N2OS/c1-5-10(4)16-8-11-6-12(15)14(13-11)7-9(2)3/h6,9-10,15H,5,7-8H2,1-4H3. The minimum atomic E-state index is 0.286. The van der Waals surface area contributed by atoms with E-state index in [0.717, 1.165) is 18.0 Å². The topological polar surface area (TPSA) is 38.0 Å². The van der Waals surface area contributed by atoms with Gasteiger partial charge in [0.15, 0.2) is 0 Å². The van der Waals surface area contributed by atoms with Crippen LogP contribution in [0, 0.1) is 5.92 Å². The van der Waals surface area contributed by atoms with Gasteiger partial charge in [0.2, 0.25) is 5.88 Å². The van der Waals surface area contributed by atoms with E-state index in [-0.39, 0.29) is 5.88 Å². The number of rotatable bonds is 6. The van der Waals surface area contributed by atoms with Crippen molar-refractivity contribution in [3.05, 3.63) is 11.8 Å². The van der Waals surface area contributed by atoms with Crippen molar-refractivity contribution in [3.63, 3.8) is 0 Å². The maximum absolute atomic E-state index is 9.69. The second-order valence-corrected chi connectivity index (χ2v) is 6.03. The smallest absolute Gasteiger partial charge is 0.209 e. The summed E-state index contributed by atoms with van der Waals surface area (Å²) in [7, 11) is 0. The molecule has 0 aliphatic rings. The molecular formula is C12H22N2OS. The van der Waals surface area contributed by atoms with Gasteiger partial charge >= 0.3 is 0 Å². The molecule has 0 fully saturated rings. The van der Waals surface area contributed by atoms with Crippen LogP contribution in [0.3, 0.4) is 0 Å². The van der Waals surface area contributed by atoms with Gasteiger partial charge in [-0.3, -0.25) is 0 Å². The highest BCUT2D eigenvalue weighted by molar-refractivity contribution is 7.99. The predicted molar refractivity (Wildman–Crippen MR) is 69.8 cm³/mol. The van der Waals surface area contributed by atoms with Crippen LogP contribution in [0.5, 0.6) is 5.88 Å². The summed E-state index contributed by atoms with van der Waals surface area (Å²) >= 11 is 1.88. The van der Waals surface area contributed by atoms with Gasteiger partial charge in [-0.05, 0) is 12.3 Å². The SMILES string of the molecule is CCC(C)SCc1cc(O)n(CC(C)C)n1. The van der Waals surface area contributed by atoms with E-state index in [1.807, 2.05) is 11.8 Å². The third-order valence-electron chi connectivity index (χ3n) is 2.44. The Morgan fingerprint density at radius 3 is 2.69 bits per heavy atom.